The Hall–Kier alpha value is -3.46. The number of amides is 1. The number of rotatable bonds is 9. The van der Waals surface area contributed by atoms with Crippen molar-refractivity contribution in [3.63, 3.8) is 0 Å². The highest BCUT2D eigenvalue weighted by atomic mass is 35.5. The summed E-state index contributed by atoms with van der Waals surface area (Å²) in [5, 5.41) is -0.0668. The first kappa shape index (κ1) is 28.5. The van der Waals surface area contributed by atoms with Crippen molar-refractivity contribution >= 4 is 35.1 Å². The Labute approximate surface area is 232 Å². The average molecular weight is 559 g/mol. The van der Waals surface area contributed by atoms with Crippen molar-refractivity contribution in [3.05, 3.63) is 63.7 Å². The molecule has 39 heavy (non-hydrogen) atoms. The molecule has 1 heterocycles. The number of methoxy groups -OCH3 is 1. The summed E-state index contributed by atoms with van der Waals surface area (Å²) >= 11 is 6.19. The number of halogens is 2. The molecule has 0 spiro atoms. The maximum absolute atomic E-state index is 15.5. The minimum absolute atomic E-state index is 0.0117. The van der Waals surface area contributed by atoms with Gasteiger partial charge in [0.2, 0.25) is 0 Å². The number of benzene rings is 1. The molecule has 2 aliphatic carbocycles. The van der Waals surface area contributed by atoms with Crippen molar-refractivity contribution in [3.8, 4) is 5.75 Å². The molecular formula is C29H32ClFN2O6. The van der Waals surface area contributed by atoms with Crippen LogP contribution in [0.5, 0.6) is 5.75 Å². The molecule has 208 valence electrons. The molecule has 1 aromatic heterocycles. The number of aryl methyl sites for hydroxylation is 1. The Morgan fingerprint density at radius 3 is 2.51 bits per heavy atom. The maximum atomic E-state index is 15.5. The van der Waals surface area contributed by atoms with Crippen LogP contribution in [0.15, 0.2) is 41.7 Å². The van der Waals surface area contributed by atoms with Crippen LogP contribution >= 0.6 is 11.6 Å². The van der Waals surface area contributed by atoms with Gasteiger partial charge in [0.15, 0.2) is 6.61 Å². The molecule has 10 heteroatoms. The molecule has 0 N–H and O–H groups in total. The smallest absolute Gasteiger partial charge is 0.343 e. The first-order valence-corrected chi connectivity index (χ1v) is 13.5. The first-order valence-electron chi connectivity index (χ1n) is 13.1. The Bertz CT molecular complexity index is 1270. The first-order chi connectivity index (χ1) is 18.8. The van der Waals surface area contributed by atoms with Gasteiger partial charge in [-0.05, 0) is 81.5 Å². The minimum Gasteiger partial charge on any atom is -0.480 e. The van der Waals surface area contributed by atoms with Gasteiger partial charge in [0.1, 0.15) is 17.7 Å². The third-order valence-corrected chi connectivity index (χ3v) is 7.43. The largest absolute Gasteiger partial charge is 0.480 e. The molecule has 0 radical (unpaired) electrons. The normalized spacial score (nSPS) is 15.7. The lowest BCUT2D eigenvalue weighted by Gasteiger charge is -2.28. The summed E-state index contributed by atoms with van der Waals surface area (Å²) in [7, 11) is 1.22. The molecule has 4 rings (SSSR count). The number of pyridine rings is 1. The summed E-state index contributed by atoms with van der Waals surface area (Å²) in [6, 6.07) is 4.11. The summed E-state index contributed by atoms with van der Waals surface area (Å²) in [5.74, 6) is -2.37. The predicted molar refractivity (Wildman–Crippen MR) is 143 cm³/mol. The third kappa shape index (κ3) is 6.95. The van der Waals surface area contributed by atoms with Gasteiger partial charge in [-0.1, -0.05) is 11.6 Å². The molecule has 1 saturated carbocycles. The zero-order valence-electron chi connectivity index (χ0n) is 22.1. The SMILES string of the molecule is COC(=O)COc1cc(N(Cc2cnccc2C)C(=O)C2=C(C(=O)OC3CCCC3)CCCC2)c(F)cc1Cl. The standard InChI is InChI=1S/C29H32ClFN2O6/c1-18-11-12-32-15-19(18)16-33(25-14-26(23(30)13-24(25)31)38-17-27(34)37-2)28(35)21-9-5-6-10-22(21)29(36)39-20-7-3-4-8-20/h11-15,20H,3-10,16-17H2,1-2H3. The van der Waals surface area contributed by atoms with E-state index in [-0.39, 0.29) is 29.1 Å². The molecule has 2 aliphatic rings. The number of aromatic nitrogens is 1. The van der Waals surface area contributed by atoms with E-state index in [0.717, 1.165) is 50.2 Å². The number of hydrogen-bond acceptors (Lipinski definition) is 7. The molecule has 1 fully saturated rings. The van der Waals surface area contributed by atoms with Crippen LogP contribution < -0.4 is 9.64 Å². The summed E-state index contributed by atoms with van der Waals surface area (Å²) in [5.41, 5.74) is 2.12. The fraction of sp³-hybridized carbons (Fsp3) is 0.448. The van der Waals surface area contributed by atoms with E-state index in [1.165, 1.54) is 18.1 Å². The van der Waals surface area contributed by atoms with Crippen LogP contribution in [0.25, 0.3) is 0 Å². The van der Waals surface area contributed by atoms with E-state index in [1.807, 2.05) is 6.92 Å². The molecule has 1 amide bonds. The molecule has 0 saturated heterocycles. The van der Waals surface area contributed by atoms with Crippen molar-refractivity contribution in [2.45, 2.75) is 70.9 Å². The number of carbonyl (C=O) groups excluding carboxylic acids is 3. The van der Waals surface area contributed by atoms with Crippen molar-refractivity contribution in [2.75, 3.05) is 18.6 Å². The fourth-order valence-electron chi connectivity index (χ4n) is 4.89. The lowest BCUT2D eigenvalue weighted by Crippen LogP contribution is -2.35. The van der Waals surface area contributed by atoms with Gasteiger partial charge in [-0.2, -0.15) is 0 Å². The molecule has 0 unspecified atom stereocenters. The van der Waals surface area contributed by atoms with Gasteiger partial charge in [0, 0.05) is 29.6 Å². The van der Waals surface area contributed by atoms with E-state index >= 15 is 4.39 Å². The predicted octanol–water partition coefficient (Wildman–Crippen LogP) is 5.62. The highest BCUT2D eigenvalue weighted by Gasteiger charge is 2.32. The van der Waals surface area contributed by atoms with Crippen LogP contribution in [0.3, 0.4) is 0 Å². The van der Waals surface area contributed by atoms with Gasteiger partial charge in [-0.15, -0.1) is 0 Å². The third-order valence-electron chi connectivity index (χ3n) is 7.13. The maximum Gasteiger partial charge on any atom is 0.343 e. The van der Waals surface area contributed by atoms with E-state index in [4.69, 9.17) is 21.1 Å². The minimum atomic E-state index is -0.758. The number of carbonyl (C=O) groups is 3. The average Bonchev–Trinajstić information content (AvgIpc) is 3.45. The summed E-state index contributed by atoms with van der Waals surface area (Å²) in [6.45, 7) is 1.41. The molecule has 2 aromatic rings. The second-order valence-electron chi connectivity index (χ2n) is 9.77. The number of ether oxygens (including phenoxy) is 3. The van der Waals surface area contributed by atoms with Gasteiger partial charge in [0.05, 0.1) is 24.4 Å². The van der Waals surface area contributed by atoms with Gasteiger partial charge >= 0.3 is 11.9 Å². The van der Waals surface area contributed by atoms with Crippen molar-refractivity contribution in [1.82, 2.24) is 4.98 Å². The van der Waals surface area contributed by atoms with E-state index in [2.05, 4.69) is 9.72 Å². The van der Waals surface area contributed by atoms with Crippen LogP contribution in [0.2, 0.25) is 5.02 Å². The Balaban J connectivity index is 1.74. The van der Waals surface area contributed by atoms with Gasteiger partial charge in [-0.3, -0.25) is 9.78 Å². The highest BCUT2D eigenvalue weighted by Crippen LogP contribution is 2.36. The van der Waals surface area contributed by atoms with Gasteiger partial charge < -0.3 is 19.1 Å². The topological polar surface area (TPSA) is 95.0 Å². The Morgan fingerprint density at radius 1 is 1.10 bits per heavy atom. The van der Waals surface area contributed by atoms with E-state index in [1.54, 1.807) is 18.5 Å². The van der Waals surface area contributed by atoms with Gasteiger partial charge in [-0.25, -0.2) is 14.0 Å². The number of anilines is 1. The van der Waals surface area contributed by atoms with E-state index in [0.29, 0.717) is 29.6 Å². The monoisotopic (exact) mass is 558 g/mol. The molecule has 1 aromatic carbocycles. The zero-order valence-corrected chi connectivity index (χ0v) is 22.9. The highest BCUT2D eigenvalue weighted by molar-refractivity contribution is 6.32. The molecule has 8 nitrogen and oxygen atoms in total. The fourth-order valence-corrected chi connectivity index (χ4v) is 5.09. The Kier molecular flexibility index (Phi) is 9.56. The number of esters is 2. The molecule has 0 atom stereocenters. The van der Waals surface area contributed by atoms with Crippen LogP contribution in [-0.4, -0.2) is 42.7 Å². The van der Waals surface area contributed by atoms with Crippen molar-refractivity contribution < 1.29 is 33.0 Å². The zero-order chi connectivity index (χ0) is 27.9. The molecule has 0 bridgehead atoms. The molecular weight excluding hydrogens is 527 g/mol. The summed E-state index contributed by atoms with van der Waals surface area (Å²) < 4.78 is 31.3. The van der Waals surface area contributed by atoms with Crippen LogP contribution in [0, 0.1) is 12.7 Å². The van der Waals surface area contributed by atoms with Gasteiger partial charge in [0.25, 0.3) is 5.91 Å². The quantitative estimate of drug-likeness (QED) is 0.368. The second-order valence-corrected chi connectivity index (χ2v) is 10.2. The summed E-state index contributed by atoms with van der Waals surface area (Å²) in [6.07, 6.45) is 9.04. The lowest BCUT2D eigenvalue weighted by atomic mass is 9.90. The van der Waals surface area contributed by atoms with Crippen LogP contribution in [0.4, 0.5) is 10.1 Å². The Morgan fingerprint density at radius 2 is 1.82 bits per heavy atom. The second kappa shape index (κ2) is 13.1. The number of nitrogens with zero attached hydrogens (tertiary/aromatic N) is 2. The number of hydrogen-bond donors (Lipinski definition) is 0. The lowest BCUT2D eigenvalue weighted by molar-refractivity contribution is -0.144. The van der Waals surface area contributed by atoms with Crippen LogP contribution in [-0.2, 0) is 30.4 Å². The molecule has 0 aliphatic heterocycles. The van der Waals surface area contributed by atoms with Crippen LogP contribution in [0.1, 0.15) is 62.5 Å². The van der Waals surface area contributed by atoms with Crippen molar-refractivity contribution in [1.29, 1.82) is 0 Å². The van der Waals surface area contributed by atoms with E-state index in [9.17, 15) is 14.4 Å². The van der Waals surface area contributed by atoms with Crippen molar-refractivity contribution in [2.24, 2.45) is 0 Å². The summed E-state index contributed by atoms with van der Waals surface area (Å²) in [4.78, 5) is 44.4. The van der Waals surface area contributed by atoms with E-state index < -0.39 is 30.3 Å².